The van der Waals surface area contributed by atoms with Gasteiger partial charge >= 0.3 is 21.6 Å². The lowest BCUT2D eigenvalue weighted by Crippen LogP contribution is -2.27. The van der Waals surface area contributed by atoms with Gasteiger partial charge in [0, 0.05) is 0 Å². The Morgan fingerprint density at radius 2 is 1.40 bits per heavy atom. The van der Waals surface area contributed by atoms with Gasteiger partial charge in [-0.25, -0.2) is 13.9 Å². The van der Waals surface area contributed by atoms with Crippen molar-refractivity contribution in [3.8, 4) is 0 Å². The van der Waals surface area contributed by atoms with Crippen molar-refractivity contribution in [2.45, 2.75) is 6.08 Å². The van der Waals surface area contributed by atoms with E-state index in [0.717, 1.165) is 0 Å². The normalized spacial score (nSPS) is 15.7. The second-order valence-electron chi connectivity index (χ2n) is 1.90. The number of carbonyl (C=O) groups is 1. The Balaban J connectivity index is -0.000000144. The number of rotatable bonds is 6. The molecular weight excluding hydrogens is 328 g/mol. The number of phosphoric acid groups is 2. The Morgan fingerprint density at radius 1 is 1.05 bits per heavy atom. The SMILES string of the molecule is N.N.N.N.N.[2H]C([2H])(OP(=O)(O)O)C([2H])(OP(=O)(O)O)C(=O)O. The fourth-order valence-electron chi connectivity index (χ4n) is 0.321. The quantitative estimate of drug-likeness (QED) is 0.267. The molecule has 0 aliphatic carbocycles. The molecule has 130 valence electrons. The average Bonchev–Trinajstić information content (AvgIpc) is 1.94. The molecule has 0 saturated heterocycles. The average molecular weight is 354 g/mol. The van der Waals surface area contributed by atoms with E-state index in [-0.39, 0.29) is 30.8 Å². The monoisotopic (exact) mass is 354 g/mol. The smallest absolute Gasteiger partial charge is 0.470 e. The van der Waals surface area contributed by atoms with E-state index in [1.807, 2.05) is 0 Å². The number of hydrogen-bond donors (Lipinski definition) is 10. The zero-order valence-corrected chi connectivity index (χ0v) is 12.0. The van der Waals surface area contributed by atoms with E-state index in [1.54, 1.807) is 0 Å². The molecule has 0 heterocycles. The highest BCUT2D eigenvalue weighted by Gasteiger charge is 2.30. The number of aliphatic carboxylic acids is 1. The van der Waals surface area contributed by atoms with Gasteiger partial charge in [-0.1, -0.05) is 0 Å². The highest BCUT2D eigenvalue weighted by molar-refractivity contribution is 7.46. The van der Waals surface area contributed by atoms with E-state index in [2.05, 4.69) is 9.05 Å². The molecule has 1 unspecified atom stereocenters. The Kier molecular flexibility index (Phi) is 16.5. The molecule has 17 heteroatoms. The van der Waals surface area contributed by atoms with Crippen LogP contribution in [-0.2, 0) is 23.0 Å². The third kappa shape index (κ3) is 22.7. The molecule has 0 amide bonds. The van der Waals surface area contributed by atoms with Crippen LogP contribution < -0.4 is 30.8 Å². The largest absolute Gasteiger partial charge is 0.479 e. The molecule has 0 radical (unpaired) electrons. The van der Waals surface area contributed by atoms with Crippen molar-refractivity contribution in [1.82, 2.24) is 30.8 Å². The fourth-order valence-corrected chi connectivity index (χ4v) is 0.876. The van der Waals surface area contributed by atoms with Crippen LogP contribution in [0.3, 0.4) is 0 Å². The second kappa shape index (κ2) is 13.5. The van der Waals surface area contributed by atoms with Crippen LogP contribution in [0.4, 0.5) is 0 Å². The topological polar surface area (TPSA) is 346 Å². The number of carboxylic acids is 1. The van der Waals surface area contributed by atoms with Crippen LogP contribution in [0.5, 0.6) is 0 Å². The van der Waals surface area contributed by atoms with Gasteiger partial charge in [0.2, 0.25) is 0 Å². The third-order valence-electron chi connectivity index (χ3n) is 0.662. The standard InChI is InChI=1S/C3H8O10P2.5H3N/c4-3(5)2(13-15(9,10)11)1-12-14(6,7)8;;;;;/h2H,1H2,(H,4,5)(H2,6,7,8)(H2,9,10,11);5*1H3/i1D2,2D;;;;;. The summed E-state index contributed by atoms with van der Waals surface area (Å²) in [5.41, 5.74) is 0. The first-order valence-electron chi connectivity index (χ1n) is 4.37. The first-order valence-corrected chi connectivity index (χ1v) is 5.93. The number of hydrogen-bond acceptors (Lipinski definition) is 10. The van der Waals surface area contributed by atoms with E-state index in [1.165, 1.54) is 0 Å². The minimum Gasteiger partial charge on any atom is -0.479 e. The van der Waals surface area contributed by atoms with Gasteiger partial charge in [-0.15, -0.1) is 0 Å². The second-order valence-corrected chi connectivity index (χ2v) is 4.23. The van der Waals surface area contributed by atoms with Gasteiger partial charge in [-0.05, 0) is 0 Å². The van der Waals surface area contributed by atoms with E-state index in [4.69, 9.17) is 28.8 Å². The summed E-state index contributed by atoms with van der Waals surface area (Å²) in [7, 11) is -11.2. The predicted molar refractivity (Wildman–Crippen MR) is 67.7 cm³/mol. The van der Waals surface area contributed by atoms with Crippen LogP contribution in [0.15, 0.2) is 0 Å². The molecule has 20 N–H and O–H groups in total. The predicted octanol–water partition coefficient (Wildman–Crippen LogP) is -0.532. The van der Waals surface area contributed by atoms with Gasteiger partial charge < -0.3 is 55.4 Å². The van der Waals surface area contributed by atoms with Crippen molar-refractivity contribution >= 4 is 21.6 Å². The highest BCUT2D eigenvalue weighted by atomic mass is 31.2. The zero-order chi connectivity index (χ0) is 15.0. The van der Waals surface area contributed by atoms with Crippen LogP contribution >= 0.6 is 15.6 Å². The van der Waals surface area contributed by atoms with Crippen LogP contribution in [0.2, 0.25) is 0 Å². The van der Waals surface area contributed by atoms with Gasteiger partial charge in [0.15, 0.2) is 6.08 Å². The molecule has 0 spiro atoms. The molecule has 1 atom stereocenters. The van der Waals surface area contributed by atoms with E-state index < -0.39 is 34.3 Å². The maximum atomic E-state index is 10.6. The Morgan fingerprint density at radius 3 is 1.60 bits per heavy atom. The Bertz CT molecular complexity index is 441. The summed E-state index contributed by atoms with van der Waals surface area (Å²) in [4.78, 5) is 43.9. The molecule has 20 heavy (non-hydrogen) atoms. The highest BCUT2D eigenvalue weighted by Crippen LogP contribution is 2.40. The lowest BCUT2D eigenvalue weighted by molar-refractivity contribution is -0.147. The van der Waals surface area contributed by atoms with Crippen molar-refractivity contribution in [3.05, 3.63) is 0 Å². The van der Waals surface area contributed by atoms with E-state index in [9.17, 15) is 13.9 Å². The first-order chi connectivity index (χ1) is 7.61. The Labute approximate surface area is 118 Å². The maximum absolute atomic E-state index is 10.6. The zero-order valence-electron chi connectivity index (χ0n) is 13.2. The first kappa shape index (κ1) is 24.5. The summed E-state index contributed by atoms with van der Waals surface area (Å²) >= 11 is 0. The lowest BCUT2D eigenvalue weighted by atomic mass is 10.4. The molecule has 0 aromatic carbocycles. The lowest BCUT2D eigenvalue weighted by Gasteiger charge is -2.14. The summed E-state index contributed by atoms with van der Waals surface area (Å²) in [6.45, 7) is -4.04. The summed E-state index contributed by atoms with van der Waals surface area (Å²) in [6, 6.07) is 0. The molecule has 0 saturated carbocycles. The maximum Gasteiger partial charge on any atom is 0.470 e. The summed E-state index contributed by atoms with van der Waals surface area (Å²) in [5, 5.41) is 8.50. The van der Waals surface area contributed by atoms with Crippen molar-refractivity contribution in [2.24, 2.45) is 0 Å². The van der Waals surface area contributed by atoms with E-state index >= 15 is 0 Å². The van der Waals surface area contributed by atoms with Gasteiger partial charge in [0.1, 0.15) is 0 Å². The molecule has 0 aliphatic heterocycles. The third-order valence-corrected chi connectivity index (χ3v) is 1.41. The van der Waals surface area contributed by atoms with Crippen molar-refractivity contribution in [1.29, 1.82) is 0 Å². The summed E-state index contributed by atoms with van der Waals surface area (Å²) < 4.78 is 48.3. The molecule has 0 rings (SSSR count). The van der Waals surface area contributed by atoms with Gasteiger partial charge in [-0.3, -0.25) is 9.05 Å². The van der Waals surface area contributed by atoms with E-state index in [0.29, 0.717) is 0 Å². The van der Waals surface area contributed by atoms with Gasteiger partial charge in [-0.2, -0.15) is 0 Å². The number of phosphoric ester groups is 2. The number of carboxylic acid groups (broad SMARTS) is 1. The van der Waals surface area contributed by atoms with Crippen LogP contribution in [0.1, 0.15) is 4.11 Å². The fraction of sp³-hybridized carbons (Fsp3) is 0.667. The molecular formula is C3H23N5O10P2. The molecule has 0 fully saturated rings. The minimum absolute atomic E-state index is 0. The van der Waals surface area contributed by atoms with Crippen molar-refractivity contribution in [2.75, 3.05) is 6.56 Å². The van der Waals surface area contributed by atoms with Crippen molar-refractivity contribution < 1.29 is 51.8 Å². The molecule has 0 aromatic rings. The van der Waals surface area contributed by atoms with Crippen LogP contribution in [-0.4, -0.2) is 43.3 Å². The molecule has 0 bridgehead atoms. The van der Waals surface area contributed by atoms with Crippen LogP contribution in [0, 0.1) is 0 Å². The Hall–Kier alpha value is -0.510. The molecule has 0 aromatic heterocycles. The van der Waals surface area contributed by atoms with Gasteiger partial charge in [0.05, 0.1) is 10.7 Å². The molecule has 15 nitrogen and oxygen atoms in total. The molecule has 0 aliphatic rings. The summed E-state index contributed by atoms with van der Waals surface area (Å²) in [6.07, 6.45) is -4.09. The summed E-state index contributed by atoms with van der Waals surface area (Å²) in [5.74, 6) is -2.57. The van der Waals surface area contributed by atoms with Crippen LogP contribution in [0.25, 0.3) is 0 Å². The van der Waals surface area contributed by atoms with Gasteiger partial charge in [0.25, 0.3) is 0 Å². The minimum atomic E-state index is -5.64. The van der Waals surface area contributed by atoms with Crippen molar-refractivity contribution in [3.63, 3.8) is 0 Å².